The van der Waals surface area contributed by atoms with Gasteiger partial charge in [-0.1, -0.05) is 59.7 Å². The first-order chi connectivity index (χ1) is 16.8. The maximum atomic E-state index is 13.4. The van der Waals surface area contributed by atoms with E-state index in [1.807, 2.05) is 0 Å². The number of nitrogens with one attached hydrogen (secondary N) is 1. The Kier molecular flexibility index (Phi) is 8.64. The lowest BCUT2D eigenvalue weighted by atomic mass is 9.95. The van der Waals surface area contributed by atoms with Crippen LogP contribution >= 0.6 is 0 Å². The summed E-state index contributed by atoms with van der Waals surface area (Å²) in [6.07, 6.45) is 2.61. The minimum atomic E-state index is -0.139. The summed E-state index contributed by atoms with van der Waals surface area (Å²) in [4.78, 5) is 20.8. The molecule has 35 heavy (non-hydrogen) atoms. The Hall–Kier alpha value is -2.21. The van der Waals surface area contributed by atoms with Crippen LogP contribution in [-0.2, 0) is 4.79 Å². The monoisotopic (exact) mass is 476 g/mol. The standard InChI is InChI=1S/C30H44N4O/c1-22-6-10-27(11-7-22)30(28-12-8-23(2)9-13-28)31-29(35)21-34-24(3)18-33(19-25(34)4)20-26-14-16-32(5)17-15-26/h6-13,24-26,30H,14-21H2,1-5H3,(H,31,35). The van der Waals surface area contributed by atoms with E-state index in [2.05, 4.69) is 103 Å². The lowest BCUT2D eigenvalue weighted by molar-refractivity contribution is -0.125. The number of likely N-dealkylation sites (tertiary alicyclic amines) is 1. The zero-order valence-corrected chi connectivity index (χ0v) is 22.3. The Bertz CT molecular complexity index is 892. The van der Waals surface area contributed by atoms with E-state index in [1.54, 1.807) is 0 Å². The Morgan fingerprint density at radius 1 is 0.886 bits per heavy atom. The van der Waals surface area contributed by atoms with Gasteiger partial charge in [0.2, 0.25) is 5.91 Å². The molecule has 0 radical (unpaired) electrons. The smallest absolute Gasteiger partial charge is 0.234 e. The number of aryl methyl sites for hydroxylation is 2. The molecule has 190 valence electrons. The molecule has 2 fully saturated rings. The summed E-state index contributed by atoms with van der Waals surface area (Å²) in [6, 6.07) is 17.6. The third-order valence-corrected chi connectivity index (χ3v) is 7.98. The number of amides is 1. The minimum absolute atomic E-state index is 0.0959. The van der Waals surface area contributed by atoms with Crippen LogP contribution in [0.1, 0.15) is 55.0 Å². The number of benzene rings is 2. The molecule has 0 aromatic heterocycles. The van der Waals surface area contributed by atoms with Gasteiger partial charge in [-0.3, -0.25) is 14.6 Å². The fourth-order valence-electron chi connectivity index (χ4n) is 5.79. The highest BCUT2D eigenvalue weighted by Crippen LogP contribution is 2.24. The summed E-state index contributed by atoms with van der Waals surface area (Å²) in [6.45, 7) is 14.9. The number of carbonyl (C=O) groups is 1. The molecule has 2 unspecified atom stereocenters. The van der Waals surface area contributed by atoms with Gasteiger partial charge in [-0.2, -0.15) is 0 Å². The first-order valence-electron chi connectivity index (χ1n) is 13.4. The summed E-state index contributed by atoms with van der Waals surface area (Å²) in [7, 11) is 2.23. The van der Waals surface area contributed by atoms with Crippen LogP contribution in [0.4, 0.5) is 0 Å². The molecule has 2 aliphatic rings. The maximum Gasteiger partial charge on any atom is 0.234 e. The number of piperazine rings is 1. The van der Waals surface area contributed by atoms with Gasteiger partial charge in [0.05, 0.1) is 12.6 Å². The Morgan fingerprint density at radius 2 is 1.37 bits per heavy atom. The topological polar surface area (TPSA) is 38.8 Å². The molecule has 2 aromatic carbocycles. The number of hydrogen-bond donors (Lipinski definition) is 1. The van der Waals surface area contributed by atoms with Crippen molar-refractivity contribution in [1.82, 2.24) is 20.0 Å². The second-order valence-corrected chi connectivity index (χ2v) is 11.2. The molecule has 1 N–H and O–H groups in total. The Morgan fingerprint density at radius 3 is 1.86 bits per heavy atom. The third kappa shape index (κ3) is 6.93. The molecule has 2 saturated heterocycles. The van der Waals surface area contributed by atoms with E-state index in [-0.39, 0.29) is 11.9 Å². The van der Waals surface area contributed by atoms with Crippen LogP contribution in [0, 0.1) is 19.8 Å². The van der Waals surface area contributed by atoms with E-state index in [0.717, 1.165) is 30.1 Å². The molecule has 4 rings (SSSR count). The van der Waals surface area contributed by atoms with Crippen molar-refractivity contribution in [2.24, 2.45) is 5.92 Å². The average molecular weight is 477 g/mol. The zero-order valence-electron chi connectivity index (χ0n) is 22.3. The number of nitrogens with zero attached hydrogens (tertiary/aromatic N) is 3. The van der Waals surface area contributed by atoms with Crippen LogP contribution in [-0.4, -0.2) is 79.0 Å². The quantitative estimate of drug-likeness (QED) is 0.649. The van der Waals surface area contributed by atoms with Crippen molar-refractivity contribution in [2.75, 3.05) is 46.3 Å². The second kappa shape index (κ2) is 11.7. The van der Waals surface area contributed by atoms with Gasteiger partial charge < -0.3 is 10.2 Å². The summed E-state index contributed by atoms with van der Waals surface area (Å²) < 4.78 is 0. The molecule has 2 atom stereocenters. The fourth-order valence-corrected chi connectivity index (χ4v) is 5.79. The molecule has 0 spiro atoms. The van der Waals surface area contributed by atoms with Gasteiger partial charge >= 0.3 is 0 Å². The minimum Gasteiger partial charge on any atom is -0.344 e. The SMILES string of the molecule is Cc1ccc(C(NC(=O)CN2C(C)CN(CC3CCN(C)CC3)CC2C)c2ccc(C)cc2)cc1. The molecular weight excluding hydrogens is 432 g/mol. The third-order valence-electron chi connectivity index (χ3n) is 7.98. The van der Waals surface area contributed by atoms with Crippen LogP contribution in [0.5, 0.6) is 0 Å². The molecule has 2 aliphatic heterocycles. The fraction of sp³-hybridized carbons (Fsp3) is 0.567. The van der Waals surface area contributed by atoms with Gasteiger partial charge in [0.25, 0.3) is 0 Å². The summed E-state index contributed by atoms with van der Waals surface area (Å²) in [5.41, 5.74) is 4.70. The van der Waals surface area contributed by atoms with Crippen molar-refractivity contribution < 1.29 is 4.79 Å². The van der Waals surface area contributed by atoms with Crippen LogP contribution < -0.4 is 5.32 Å². The van der Waals surface area contributed by atoms with Crippen molar-refractivity contribution in [3.05, 3.63) is 70.8 Å². The van der Waals surface area contributed by atoms with Crippen molar-refractivity contribution >= 4 is 5.91 Å². The number of rotatable bonds is 7. The highest BCUT2D eigenvalue weighted by Gasteiger charge is 2.32. The van der Waals surface area contributed by atoms with E-state index in [1.165, 1.54) is 43.6 Å². The van der Waals surface area contributed by atoms with E-state index < -0.39 is 0 Å². The van der Waals surface area contributed by atoms with E-state index in [4.69, 9.17) is 0 Å². The molecule has 1 amide bonds. The highest BCUT2D eigenvalue weighted by molar-refractivity contribution is 5.79. The van der Waals surface area contributed by atoms with Gasteiger partial charge in [0.1, 0.15) is 0 Å². The van der Waals surface area contributed by atoms with Gasteiger partial charge in [-0.25, -0.2) is 0 Å². The maximum absolute atomic E-state index is 13.4. The molecule has 0 aliphatic carbocycles. The van der Waals surface area contributed by atoms with E-state index in [9.17, 15) is 4.79 Å². The highest BCUT2D eigenvalue weighted by atomic mass is 16.2. The largest absolute Gasteiger partial charge is 0.344 e. The molecular formula is C30H44N4O. The molecule has 5 heteroatoms. The van der Waals surface area contributed by atoms with Crippen LogP contribution in [0.3, 0.4) is 0 Å². The second-order valence-electron chi connectivity index (χ2n) is 11.2. The summed E-state index contributed by atoms with van der Waals surface area (Å²) >= 11 is 0. The first kappa shape index (κ1) is 25.9. The van der Waals surface area contributed by atoms with Gasteiger partial charge in [-0.05, 0) is 77.7 Å². The predicted molar refractivity (Wildman–Crippen MR) is 145 cm³/mol. The number of hydrogen-bond acceptors (Lipinski definition) is 4. The van der Waals surface area contributed by atoms with Crippen molar-refractivity contribution in [1.29, 1.82) is 0 Å². The van der Waals surface area contributed by atoms with Crippen molar-refractivity contribution in [3.63, 3.8) is 0 Å². The Balaban J connectivity index is 1.38. The normalized spacial score (nSPS) is 23.0. The Labute approximate surface area is 212 Å². The van der Waals surface area contributed by atoms with Crippen LogP contribution in [0.15, 0.2) is 48.5 Å². The van der Waals surface area contributed by atoms with Crippen molar-refractivity contribution in [2.45, 2.75) is 58.7 Å². The molecule has 5 nitrogen and oxygen atoms in total. The summed E-state index contributed by atoms with van der Waals surface area (Å²) in [5, 5.41) is 3.36. The lowest BCUT2D eigenvalue weighted by Gasteiger charge is -2.45. The first-order valence-corrected chi connectivity index (χ1v) is 13.4. The molecule has 2 aromatic rings. The van der Waals surface area contributed by atoms with E-state index in [0.29, 0.717) is 18.6 Å². The summed E-state index contributed by atoms with van der Waals surface area (Å²) in [5.74, 6) is 0.906. The lowest BCUT2D eigenvalue weighted by Crippen LogP contribution is -2.59. The zero-order chi connectivity index (χ0) is 24.9. The molecule has 2 heterocycles. The van der Waals surface area contributed by atoms with Crippen LogP contribution in [0.2, 0.25) is 0 Å². The molecule has 0 bridgehead atoms. The predicted octanol–water partition coefficient (Wildman–Crippen LogP) is 4.25. The van der Waals surface area contributed by atoms with Gasteiger partial charge in [0.15, 0.2) is 0 Å². The average Bonchev–Trinajstić information content (AvgIpc) is 2.83. The van der Waals surface area contributed by atoms with Crippen LogP contribution in [0.25, 0.3) is 0 Å². The van der Waals surface area contributed by atoms with Crippen molar-refractivity contribution in [3.8, 4) is 0 Å². The van der Waals surface area contributed by atoms with E-state index >= 15 is 0 Å². The van der Waals surface area contributed by atoms with Gasteiger partial charge in [0, 0.05) is 31.7 Å². The number of carbonyl (C=O) groups excluding carboxylic acids is 1. The molecule has 0 saturated carbocycles. The van der Waals surface area contributed by atoms with Gasteiger partial charge in [-0.15, -0.1) is 0 Å². The number of piperidine rings is 1.